The second-order valence-corrected chi connectivity index (χ2v) is 14.2. The maximum atomic E-state index is 5.88. The Kier molecular flexibility index (Phi) is 29.4. The van der Waals surface area contributed by atoms with Gasteiger partial charge in [-0.1, -0.05) is 0 Å². The van der Waals surface area contributed by atoms with Crippen LogP contribution in [0.1, 0.15) is 158 Å². The van der Waals surface area contributed by atoms with Gasteiger partial charge in [-0.2, -0.15) is 0 Å². The molecule has 0 spiro atoms. The Morgan fingerprint density at radius 3 is 0.756 bits per heavy atom. The van der Waals surface area contributed by atoms with Crippen LogP contribution in [-0.4, -0.2) is 26.4 Å². The van der Waals surface area contributed by atoms with Crippen molar-refractivity contribution in [3.05, 3.63) is 0 Å². The molecule has 4 unspecified atom stereocenters. The van der Waals surface area contributed by atoms with Crippen molar-refractivity contribution in [1.82, 2.24) is 0 Å². The van der Waals surface area contributed by atoms with Crippen molar-refractivity contribution < 1.29 is 51.6 Å². The standard InChI is InChI=1S/4C8H18O2.Ti/c4*1-3-5-6-8(4-2)7-10-9;/h4*8-9H,3-7H2,1-2H3;/q;;;;+4/p-4. The van der Waals surface area contributed by atoms with E-state index in [-0.39, 0.29) is 0 Å². The predicted octanol–water partition coefficient (Wildman–Crippen LogP) is 10.5. The molecule has 0 aliphatic rings. The summed E-state index contributed by atoms with van der Waals surface area (Å²) in [6.07, 6.45) is 17.5. The first-order chi connectivity index (χ1) is 20.0. The van der Waals surface area contributed by atoms with Crippen molar-refractivity contribution in [1.29, 1.82) is 0 Å². The van der Waals surface area contributed by atoms with Crippen LogP contribution in [0.25, 0.3) is 0 Å². The first kappa shape index (κ1) is 41.4. The van der Waals surface area contributed by atoms with Crippen LogP contribution in [0.15, 0.2) is 0 Å². The fourth-order valence-corrected chi connectivity index (χ4v) is 6.07. The van der Waals surface area contributed by atoms with Gasteiger partial charge in [0.1, 0.15) is 0 Å². The van der Waals surface area contributed by atoms with Gasteiger partial charge < -0.3 is 0 Å². The second kappa shape index (κ2) is 29.1. The molecule has 0 radical (unpaired) electrons. The Hall–Kier alpha value is 0.394. The van der Waals surface area contributed by atoms with E-state index in [0.717, 1.165) is 103 Å². The van der Waals surface area contributed by atoms with Gasteiger partial charge in [0.15, 0.2) is 0 Å². The van der Waals surface area contributed by atoms with Crippen molar-refractivity contribution >= 4 is 0 Å². The van der Waals surface area contributed by atoms with Gasteiger partial charge >= 0.3 is 260 Å². The van der Waals surface area contributed by atoms with E-state index < -0.39 is 18.1 Å². The van der Waals surface area contributed by atoms with E-state index in [4.69, 9.17) is 33.4 Å². The van der Waals surface area contributed by atoms with Gasteiger partial charge in [-0.3, -0.25) is 0 Å². The second-order valence-electron chi connectivity index (χ2n) is 11.6. The first-order valence-corrected chi connectivity index (χ1v) is 19.7. The molecule has 0 aliphatic heterocycles. The Labute approximate surface area is 259 Å². The summed E-state index contributed by atoms with van der Waals surface area (Å²) in [5.41, 5.74) is 0. The third kappa shape index (κ3) is 21.7. The average Bonchev–Trinajstić information content (AvgIpc) is 2.99. The van der Waals surface area contributed by atoms with Crippen molar-refractivity contribution in [2.75, 3.05) is 26.4 Å². The van der Waals surface area contributed by atoms with Crippen LogP contribution >= 0.6 is 0 Å². The molecule has 8 nitrogen and oxygen atoms in total. The molecule has 0 amide bonds. The molecule has 0 saturated heterocycles. The number of hydrogen-bond donors (Lipinski definition) is 0. The van der Waals surface area contributed by atoms with Crippen molar-refractivity contribution in [2.24, 2.45) is 23.7 Å². The van der Waals surface area contributed by atoms with Gasteiger partial charge in [0.25, 0.3) is 0 Å². The predicted molar refractivity (Wildman–Crippen MR) is 161 cm³/mol. The molecular formula is C32H68O8Ti. The molecule has 248 valence electrons. The van der Waals surface area contributed by atoms with E-state index in [2.05, 4.69) is 55.4 Å². The zero-order valence-electron chi connectivity index (χ0n) is 28.2. The topological polar surface area (TPSA) is 73.8 Å². The fourth-order valence-electron chi connectivity index (χ4n) is 4.49. The Morgan fingerprint density at radius 2 is 0.585 bits per heavy atom. The maximum absolute atomic E-state index is 5.88. The minimum atomic E-state index is -4.78. The van der Waals surface area contributed by atoms with Gasteiger partial charge in [-0.15, -0.1) is 0 Å². The van der Waals surface area contributed by atoms with E-state index in [1.54, 1.807) is 0 Å². The third-order valence-corrected chi connectivity index (χ3v) is 10.0. The minimum absolute atomic E-state index is 0.369. The Morgan fingerprint density at radius 1 is 0.366 bits per heavy atom. The number of hydrogen-bond acceptors (Lipinski definition) is 8. The first-order valence-electron chi connectivity index (χ1n) is 17.2. The normalized spacial score (nSPS) is 16.4. The van der Waals surface area contributed by atoms with Crippen molar-refractivity contribution in [3.63, 3.8) is 0 Å². The van der Waals surface area contributed by atoms with Crippen LogP contribution in [0.2, 0.25) is 0 Å². The summed E-state index contributed by atoms with van der Waals surface area (Å²) in [6, 6.07) is 0. The molecule has 0 aromatic heterocycles. The zero-order chi connectivity index (χ0) is 30.6. The van der Waals surface area contributed by atoms with Gasteiger partial charge in [0.2, 0.25) is 0 Å². The van der Waals surface area contributed by atoms with Crippen LogP contribution in [0.3, 0.4) is 0 Å². The van der Waals surface area contributed by atoms with Gasteiger partial charge in [0.05, 0.1) is 0 Å². The van der Waals surface area contributed by atoms with E-state index >= 15 is 0 Å². The quantitative estimate of drug-likeness (QED) is 0.0414. The molecule has 0 aliphatic carbocycles. The molecule has 0 aromatic rings. The summed E-state index contributed by atoms with van der Waals surface area (Å²) in [5.74, 6) is 1.48. The molecule has 41 heavy (non-hydrogen) atoms. The summed E-state index contributed by atoms with van der Waals surface area (Å²) in [4.78, 5) is 23.1. The monoisotopic (exact) mass is 628 g/mol. The molecule has 0 rings (SSSR count). The molecule has 0 bridgehead atoms. The van der Waals surface area contributed by atoms with Crippen LogP contribution < -0.4 is 0 Å². The van der Waals surface area contributed by atoms with Crippen LogP contribution in [0, 0.1) is 23.7 Å². The molecule has 0 aromatic carbocycles. The summed E-state index contributed by atoms with van der Waals surface area (Å²) in [6.45, 7) is 19.1. The van der Waals surface area contributed by atoms with E-state index in [0.29, 0.717) is 50.1 Å². The zero-order valence-corrected chi connectivity index (χ0v) is 29.8. The van der Waals surface area contributed by atoms with E-state index in [1.807, 2.05) is 0 Å². The molecule has 9 heteroatoms. The molecular weight excluding hydrogens is 560 g/mol. The third-order valence-electron chi connectivity index (χ3n) is 8.03. The molecule has 0 saturated carbocycles. The van der Waals surface area contributed by atoms with E-state index in [9.17, 15) is 0 Å². The molecule has 4 atom stereocenters. The average molecular weight is 629 g/mol. The van der Waals surface area contributed by atoms with Crippen LogP contribution in [0.5, 0.6) is 0 Å². The summed E-state index contributed by atoms with van der Waals surface area (Å²) >= 11 is -4.78. The molecule has 0 fully saturated rings. The van der Waals surface area contributed by atoms with Crippen LogP contribution in [0.4, 0.5) is 0 Å². The number of unbranched alkanes of at least 4 members (excludes halogenated alkanes) is 4. The SMILES string of the molecule is CCCCC(CC)CO[O][Ti]([O]OCC(CC)CCCC)([O]OCC(CC)CCCC)[O]OCC(CC)CCCC. The van der Waals surface area contributed by atoms with Gasteiger partial charge in [-0.25, -0.2) is 0 Å². The summed E-state index contributed by atoms with van der Waals surface area (Å²) < 4.78 is 23.5. The van der Waals surface area contributed by atoms with E-state index in [1.165, 1.54) is 0 Å². The summed E-state index contributed by atoms with van der Waals surface area (Å²) in [5, 5.41) is 0. The molecule has 0 heterocycles. The van der Waals surface area contributed by atoms with Crippen molar-refractivity contribution in [3.8, 4) is 0 Å². The Balaban J connectivity index is 5.62. The number of rotatable bonds is 32. The van der Waals surface area contributed by atoms with Crippen LogP contribution in [-0.2, 0) is 51.6 Å². The fraction of sp³-hybridized carbons (Fsp3) is 1.00. The van der Waals surface area contributed by atoms with Gasteiger partial charge in [0, 0.05) is 0 Å². The van der Waals surface area contributed by atoms with Gasteiger partial charge in [-0.05, 0) is 0 Å². The summed E-state index contributed by atoms with van der Waals surface area (Å²) in [7, 11) is 0. The Bertz CT molecular complexity index is 448. The van der Waals surface area contributed by atoms with Crippen molar-refractivity contribution in [2.45, 2.75) is 158 Å². The molecule has 0 N–H and O–H groups in total.